The van der Waals surface area contributed by atoms with Crippen molar-refractivity contribution < 1.29 is 18.0 Å². The summed E-state index contributed by atoms with van der Waals surface area (Å²) in [6.45, 7) is 2.96. The average Bonchev–Trinajstić information content (AvgIpc) is 3.52. The van der Waals surface area contributed by atoms with Crippen molar-refractivity contribution in [1.29, 1.82) is 0 Å². The number of carbonyl (C=O) groups is 2. The van der Waals surface area contributed by atoms with Gasteiger partial charge in [0.15, 0.2) is 0 Å². The van der Waals surface area contributed by atoms with Crippen molar-refractivity contribution in [1.82, 2.24) is 9.21 Å². The van der Waals surface area contributed by atoms with Gasteiger partial charge in [0.1, 0.15) is 0 Å². The maximum Gasteiger partial charge on any atom is 0.253 e. The van der Waals surface area contributed by atoms with Crippen molar-refractivity contribution in [2.24, 2.45) is 11.8 Å². The van der Waals surface area contributed by atoms with Gasteiger partial charge in [0.2, 0.25) is 15.9 Å². The third kappa shape index (κ3) is 4.78. The van der Waals surface area contributed by atoms with Crippen LogP contribution in [0, 0.1) is 11.8 Å². The fraction of sp³-hybridized carbons (Fsp3) is 0.364. The molecule has 0 aromatic heterocycles. The first kappa shape index (κ1) is 23.0. The van der Waals surface area contributed by atoms with Gasteiger partial charge in [0, 0.05) is 43.3 Å². The predicted octanol–water partition coefficient (Wildman–Crippen LogP) is 3.73. The van der Waals surface area contributed by atoms with Crippen LogP contribution in [0.1, 0.15) is 23.7 Å². The molecule has 2 fully saturated rings. The fourth-order valence-corrected chi connectivity index (χ4v) is 5.53. The lowest BCUT2D eigenvalue weighted by atomic mass is 10.1. The molecular weight excluding hydrogens is 473 g/mol. The van der Waals surface area contributed by atoms with Gasteiger partial charge in [0.25, 0.3) is 5.91 Å². The van der Waals surface area contributed by atoms with Crippen LogP contribution in [0.15, 0.2) is 47.4 Å². The maximum atomic E-state index is 12.9. The first-order valence-corrected chi connectivity index (χ1v) is 12.5. The van der Waals surface area contributed by atoms with Gasteiger partial charge in [-0.25, -0.2) is 8.42 Å². The molecule has 2 aromatic rings. The van der Waals surface area contributed by atoms with Crippen molar-refractivity contribution in [3.63, 3.8) is 0 Å². The number of rotatable bonds is 5. The Morgan fingerprint density at radius 2 is 1.59 bits per heavy atom. The molecule has 32 heavy (non-hydrogen) atoms. The Balaban J connectivity index is 1.36. The molecule has 2 aromatic carbocycles. The lowest BCUT2D eigenvalue weighted by Gasteiger charge is -2.34. The first-order chi connectivity index (χ1) is 15.2. The molecule has 1 aliphatic carbocycles. The van der Waals surface area contributed by atoms with E-state index in [1.165, 1.54) is 22.5 Å². The molecule has 1 saturated heterocycles. The van der Waals surface area contributed by atoms with Gasteiger partial charge in [-0.05, 0) is 54.8 Å². The van der Waals surface area contributed by atoms with E-state index in [1.54, 1.807) is 29.2 Å². The van der Waals surface area contributed by atoms with E-state index >= 15 is 0 Å². The first-order valence-electron chi connectivity index (χ1n) is 10.3. The Labute approximate surface area is 197 Å². The lowest BCUT2D eigenvalue weighted by Crippen LogP contribution is -2.50. The Kier molecular flexibility index (Phi) is 6.49. The molecular formula is C22H23Cl2N3O4S. The lowest BCUT2D eigenvalue weighted by molar-refractivity contribution is -0.117. The van der Waals surface area contributed by atoms with Crippen LogP contribution >= 0.6 is 23.2 Å². The van der Waals surface area contributed by atoms with E-state index in [-0.39, 0.29) is 58.9 Å². The van der Waals surface area contributed by atoms with Gasteiger partial charge in [-0.3, -0.25) is 9.59 Å². The van der Waals surface area contributed by atoms with E-state index in [4.69, 9.17) is 23.2 Å². The van der Waals surface area contributed by atoms with Crippen LogP contribution in [0.2, 0.25) is 10.0 Å². The number of hydrogen-bond donors (Lipinski definition) is 1. The molecule has 0 bridgehead atoms. The number of nitrogens with one attached hydrogen (secondary N) is 1. The van der Waals surface area contributed by atoms with Crippen LogP contribution in [0.5, 0.6) is 0 Å². The SMILES string of the molecule is CC1CC1C(=O)Nc1ccc(C(=O)N2CCN(S(=O)(=O)c3ccc(Cl)c(Cl)c3)CC2)cc1. The number of sulfonamides is 1. The van der Waals surface area contributed by atoms with E-state index in [0.717, 1.165) is 6.42 Å². The Bertz CT molecular complexity index is 1150. The van der Waals surface area contributed by atoms with Crippen LogP contribution in [-0.2, 0) is 14.8 Å². The van der Waals surface area contributed by atoms with E-state index in [1.807, 2.05) is 6.92 Å². The number of piperazine rings is 1. The highest BCUT2D eigenvalue weighted by Gasteiger charge is 2.39. The number of nitrogens with zero attached hydrogens (tertiary/aromatic N) is 2. The molecule has 4 rings (SSSR count). The van der Waals surface area contributed by atoms with Gasteiger partial charge in [-0.2, -0.15) is 4.31 Å². The molecule has 2 atom stereocenters. The Morgan fingerprint density at radius 3 is 2.16 bits per heavy atom. The zero-order chi connectivity index (χ0) is 23.0. The number of carbonyl (C=O) groups excluding carboxylic acids is 2. The molecule has 0 spiro atoms. The van der Waals surface area contributed by atoms with Crippen LogP contribution in [0.3, 0.4) is 0 Å². The second kappa shape index (κ2) is 9.02. The molecule has 170 valence electrons. The summed E-state index contributed by atoms with van der Waals surface area (Å²) in [5, 5.41) is 3.33. The molecule has 1 N–H and O–H groups in total. The minimum atomic E-state index is -3.73. The fourth-order valence-electron chi connectivity index (χ4n) is 3.72. The predicted molar refractivity (Wildman–Crippen MR) is 123 cm³/mol. The molecule has 10 heteroatoms. The van der Waals surface area contributed by atoms with E-state index < -0.39 is 10.0 Å². The maximum absolute atomic E-state index is 12.9. The highest BCUT2D eigenvalue weighted by atomic mass is 35.5. The summed E-state index contributed by atoms with van der Waals surface area (Å²) in [7, 11) is -3.73. The monoisotopic (exact) mass is 495 g/mol. The third-order valence-corrected chi connectivity index (χ3v) is 8.53. The normalized spacial score (nSPS) is 21.3. The third-order valence-electron chi connectivity index (χ3n) is 5.90. The van der Waals surface area contributed by atoms with Gasteiger partial charge in [0.05, 0.1) is 14.9 Å². The van der Waals surface area contributed by atoms with Gasteiger partial charge in [-0.15, -0.1) is 0 Å². The molecule has 0 radical (unpaired) electrons. The van der Waals surface area contributed by atoms with Crippen molar-refractivity contribution in [2.45, 2.75) is 18.2 Å². The molecule has 1 aliphatic heterocycles. The second-order valence-corrected chi connectivity index (χ2v) is 10.9. The van der Waals surface area contributed by atoms with Gasteiger partial charge < -0.3 is 10.2 Å². The zero-order valence-electron chi connectivity index (χ0n) is 17.4. The molecule has 1 saturated carbocycles. The Hall–Kier alpha value is -2.13. The molecule has 2 amide bonds. The zero-order valence-corrected chi connectivity index (χ0v) is 19.8. The summed E-state index contributed by atoms with van der Waals surface area (Å²) in [6, 6.07) is 11.0. The average molecular weight is 496 g/mol. The van der Waals surface area contributed by atoms with Gasteiger partial charge in [-0.1, -0.05) is 30.1 Å². The van der Waals surface area contributed by atoms with Crippen molar-refractivity contribution in [3.05, 3.63) is 58.1 Å². The van der Waals surface area contributed by atoms with Crippen molar-refractivity contribution in [3.8, 4) is 0 Å². The minimum Gasteiger partial charge on any atom is -0.336 e. The quantitative estimate of drug-likeness (QED) is 0.684. The second-order valence-electron chi connectivity index (χ2n) is 8.16. The smallest absolute Gasteiger partial charge is 0.253 e. The van der Waals surface area contributed by atoms with E-state index in [0.29, 0.717) is 17.2 Å². The number of halogens is 2. The molecule has 2 aliphatic rings. The number of amides is 2. The van der Waals surface area contributed by atoms with E-state index in [9.17, 15) is 18.0 Å². The standard InChI is InChI=1S/C22H23Cl2N3O4S/c1-14-12-18(14)21(28)25-16-4-2-15(3-5-16)22(29)26-8-10-27(11-9-26)32(30,31)17-6-7-19(23)20(24)13-17/h2-7,13-14,18H,8-12H2,1H3,(H,25,28). The summed E-state index contributed by atoms with van der Waals surface area (Å²) in [6.07, 6.45) is 0.912. The topological polar surface area (TPSA) is 86.8 Å². The summed E-state index contributed by atoms with van der Waals surface area (Å²) < 4.78 is 27.1. The van der Waals surface area contributed by atoms with Crippen LogP contribution in [-0.4, -0.2) is 55.6 Å². The summed E-state index contributed by atoms with van der Waals surface area (Å²) in [5.41, 5.74) is 1.15. The number of anilines is 1. The largest absolute Gasteiger partial charge is 0.336 e. The van der Waals surface area contributed by atoms with Crippen molar-refractivity contribution >= 4 is 50.7 Å². The highest BCUT2D eigenvalue weighted by molar-refractivity contribution is 7.89. The summed E-state index contributed by atoms with van der Waals surface area (Å²) in [4.78, 5) is 26.6. The molecule has 2 unspecified atom stereocenters. The van der Waals surface area contributed by atoms with E-state index in [2.05, 4.69) is 5.32 Å². The number of benzene rings is 2. The summed E-state index contributed by atoms with van der Waals surface area (Å²) in [5.74, 6) is 0.337. The number of hydrogen-bond acceptors (Lipinski definition) is 4. The molecule has 7 nitrogen and oxygen atoms in total. The highest BCUT2D eigenvalue weighted by Crippen LogP contribution is 2.38. The Morgan fingerprint density at radius 1 is 0.969 bits per heavy atom. The molecule has 1 heterocycles. The van der Waals surface area contributed by atoms with Crippen LogP contribution in [0.4, 0.5) is 5.69 Å². The van der Waals surface area contributed by atoms with Crippen molar-refractivity contribution in [2.75, 3.05) is 31.5 Å². The summed E-state index contributed by atoms with van der Waals surface area (Å²) >= 11 is 11.8. The van der Waals surface area contributed by atoms with Gasteiger partial charge >= 0.3 is 0 Å². The van der Waals surface area contributed by atoms with Crippen LogP contribution in [0.25, 0.3) is 0 Å². The van der Waals surface area contributed by atoms with Crippen LogP contribution < -0.4 is 5.32 Å². The minimum absolute atomic E-state index is 0.0101.